The summed E-state index contributed by atoms with van der Waals surface area (Å²) < 4.78 is 5.43. The van der Waals surface area contributed by atoms with E-state index in [0.717, 1.165) is 19.4 Å². The fraction of sp³-hybridized carbons (Fsp3) is 0.667. The molecule has 3 N–H and O–H groups in total. The lowest BCUT2D eigenvalue weighted by Gasteiger charge is -2.23. The van der Waals surface area contributed by atoms with E-state index in [1.54, 1.807) is 12.3 Å². The summed E-state index contributed by atoms with van der Waals surface area (Å²) in [6, 6.07) is 1.33. The highest BCUT2D eigenvalue weighted by molar-refractivity contribution is 5.76. The van der Waals surface area contributed by atoms with Crippen molar-refractivity contribution >= 4 is 17.7 Å². The van der Waals surface area contributed by atoms with E-state index in [0.29, 0.717) is 24.8 Å². The normalized spacial score (nSPS) is 19.7. The van der Waals surface area contributed by atoms with Gasteiger partial charge in [-0.25, -0.2) is 9.78 Å². The zero-order valence-electron chi connectivity index (χ0n) is 13.1. The molecule has 122 valence electrons. The monoisotopic (exact) mass is 308 g/mol. The van der Waals surface area contributed by atoms with Crippen LogP contribution < -0.4 is 10.6 Å². The number of nitrogens with one attached hydrogen (secondary N) is 2. The molecule has 1 aromatic rings. The molecule has 0 aromatic carbocycles. The number of rotatable bonds is 7. The minimum Gasteiger partial charge on any atom is -0.480 e. The second-order valence-corrected chi connectivity index (χ2v) is 5.99. The summed E-state index contributed by atoms with van der Waals surface area (Å²) in [6.07, 6.45) is 4.21. The van der Waals surface area contributed by atoms with Gasteiger partial charge in [0.2, 0.25) is 5.95 Å². The maximum atomic E-state index is 11.3. The molecule has 7 heteroatoms. The van der Waals surface area contributed by atoms with E-state index in [2.05, 4.69) is 20.6 Å². The van der Waals surface area contributed by atoms with Gasteiger partial charge in [0.05, 0.1) is 12.6 Å². The van der Waals surface area contributed by atoms with Gasteiger partial charge < -0.3 is 20.5 Å². The molecule has 0 aliphatic carbocycles. The molecular formula is C15H24N4O3. The topological polar surface area (TPSA) is 96.4 Å². The average molecular weight is 308 g/mol. The lowest BCUT2D eigenvalue weighted by atomic mass is 10.0. The first-order valence-electron chi connectivity index (χ1n) is 7.71. The van der Waals surface area contributed by atoms with Crippen LogP contribution in [0.4, 0.5) is 11.8 Å². The second-order valence-electron chi connectivity index (χ2n) is 5.99. The standard InChI is InChI=1S/C15H24N4O3/c1-10(2)8-12(14(20)21)18-15-16-6-5-13(19-15)17-11-4-3-7-22-9-11/h5-6,10-12H,3-4,7-9H2,1-2H3,(H,20,21)(H2,16,17,18,19)/t11?,12-/m0/s1. The molecular weight excluding hydrogens is 284 g/mol. The SMILES string of the molecule is CC(C)C[C@H](Nc1nccc(NC2CCCOC2)n1)C(=O)O. The number of aliphatic carboxylic acids is 1. The molecule has 2 atom stereocenters. The van der Waals surface area contributed by atoms with Crippen molar-refractivity contribution in [2.75, 3.05) is 23.8 Å². The largest absolute Gasteiger partial charge is 0.480 e. The Morgan fingerprint density at radius 1 is 1.55 bits per heavy atom. The Morgan fingerprint density at radius 3 is 3.00 bits per heavy atom. The Hall–Kier alpha value is -1.89. The van der Waals surface area contributed by atoms with Crippen molar-refractivity contribution in [1.82, 2.24) is 9.97 Å². The molecule has 2 rings (SSSR count). The van der Waals surface area contributed by atoms with Gasteiger partial charge in [0.15, 0.2) is 0 Å². The smallest absolute Gasteiger partial charge is 0.326 e. The molecule has 1 aliphatic rings. The van der Waals surface area contributed by atoms with E-state index in [-0.39, 0.29) is 12.0 Å². The van der Waals surface area contributed by atoms with Gasteiger partial charge >= 0.3 is 5.97 Å². The minimum atomic E-state index is -0.892. The van der Waals surface area contributed by atoms with E-state index >= 15 is 0 Å². The zero-order chi connectivity index (χ0) is 15.9. The molecule has 22 heavy (non-hydrogen) atoms. The number of nitrogens with zero attached hydrogens (tertiary/aromatic N) is 2. The number of ether oxygens (including phenoxy) is 1. The molecule has 1 saturated heterocycles. The highest BCUT2D eigenvalue weighted by Gasteiger charge is 2.20. The molecule has 0 amide bonds. The van der Waals surface area contributed by atoms with Crippen LogP contribution in [-0.4, -0.2) is 46.3 Å². The molecule has 1 aliphatic heterocycles. The Balaban J connectivity index is 1.98. The van der Waals surface area contributed by atoms with Crippen LogP contribution in [0.25, 0.3) is 0 Å². The summed E-state index contributed by atoms with van der Waals surface area (Å²) in [5.74, 6) is 0.391. The van der Waals surface area contributed by atoms with Crippen molar-refractivity contribution in [2.24, 2.45) is 5.92 Å². The van der Waals surface area contributed by atoms with Crippen LogP contribution in [0.5, 0.6) is 0 Å². The number of carboxylic acids is 1. The van der Waals surface area contributed by atoms with Crippen LogP contribution in [0.15, 0.2) is 12.3 Å². The first kappa shape index (κ1) is 16.5. The first-order chi connectivity index (χ1) is 10.5. The summed E-state index contributed by atoms with van der Waals surface area (Å²) in [5, 5.41) is 15.5. The van der Waals surface area contributed by atoms with E-state index in [1.165, 1.54) is 0 Å². The van der Waals surface area contributed by atoms with Crippen LogP contribution >= 0.6 is 0 Å². The number of aromatic nitrogens is 2. The number of hydrogen-bond acceptors (Lipinski definition) is 6. The highest BCUT2D eigenvalue weighted by Crippen LogP contribution is 2.15. The molecule has 0 bridgehead atoms. The molecule has 2 heterocycles. The third-order valence-corrected chi connectivity index (χ3v) is 3.48. The maximum absolute atomic E-state index is 11.3. The fourth-order valence-electron chi connectivity index (χ4n) is 2.42. The Morgan fingerprint density at radius 2 is 2.36 bits per heavy atom. The average Bonchev–Trinajstić information content (AvgIpc) is 2.47. The third-order valence-electron chi connectivity index (χ3n) is 3.48. The van der Waals surface area contributed by atoms with Gasteiger partial charge in [0, 0.05) is 12.8 Å². The molecule has 1 aromatic heterocycles. The van der Waals surface area contributed by atoms with Gasteiger partial charge in [-0.1, -0.05) is 13.8 Å². The van der Waals surface area contributed by atoms with Crippen LogP contribution in [0.2, 0.25) is 0 Å². The van der Waals surface area contributed by atoms with Gasteiger partial charge in [-0.15, -0.1) is 0 Å². The van der Waals surface area contributed by atoms with Crippen LogP contribution in [0, 0.1) is 5.92 Å². The Bertz CT molecular complexity index is 489. The number of anilines is 2. The predicted molar refractivity (Wildman–Crippen MR) is 84.0 cm³/mol. The fourth-order valence-corrected chi connectivity index (χ4v) is 2.42. The predicted octanol–water partition coefficient (Wildman–Crippen LogP) is 1.98. The van der Waals surface area contributed by atoms with Gasteiger partial charge in [-0.2, -0.15) is 4.98 Å². The summed E-state index contributed by atoms with van der Waals surface area (Å²) >= 11 is 0. The van der Waals surface area contributed by atoms with Crippen molar-refractivity contribution in [1.29, 1.82) is 0 Å². The minimum absolute atomic E-state index is 0.238. The number of carbonyl (C=O) groups is 1. The maximum Gasteiger partial charge on any atom is 0.326 e. The van der Waals surface area contributed by atoms with Crippen molar-refractivity contribution < 1.29 is 14.6 Å². The van der Waals surface area contributed by atoms with Gasteiger partial charge in [0.1, 0.15) is 11.9 Å². The molecule has 0 spiro atoms. The van der Waals surface area contributed by atoms with E-state index in [1.807, 2.05) is 13.8 Å². The quantitative estimate of drug-likeness (QED) is 0.708. The highest BCUT2D eigenvalue weighted by atomic mass is 16.5. The summed E-state index contributed by atoms with van der Waals surface area (Å²) in [4.78, 5) is 19.7. The molecule has 1 fully saturated rings. The summed E-state index contributed by atoms with van der Waals surface area (Å²) in [5.41, 5.74) is 0. The molecule has 7 nitrogen and oxygen atoms in total. The summed E-state index contributed by atoms with van der Waals surface area (Å²) in [7, 11) is 0. The van der Waals surface area contributed by atoms with Gasteiger partial charge in [-0.05, 0) is 31.2 Å². The van der Waals surface area contributed by atoms with E-state index < -0.39 is 12.0 Å². The van der Waals surface area contributed by atoms with Crippen LogP contribution in [-0.2, 0) is 9.53 Å². The van der Waals surface area contributed by atoms with Crippen molar-refractivity contribution in [2.45, 2.75) is 45.2 Å². The number of hydrogen-bond donors (Lipinski definition) is 3. The van der Waals surface area contributed by atoms with E-state index in [9.17, 15) is 9.90 Å². The van der Waals surface area contributed by atoms with Gasteiger partial charge in [0.25, 0.3) is 0 Å². The van der Waals surface area contributed by atoms with Crippen LogP contribution in [0.3, 0.4) is 0 Å². The van der Waals surface area contributed by atoms with E-state index in [4.69, 9.17) is 4.74 Å². The van der Waals surface area contributed by atoms with Crippen molar-refractivity contribution in [3.63, 3.8) is 0 Å². The molecule has 0 radical (unpaired) electrons. The Kier molecular flexibility index (Phi) is 5.94. The lowest BCUT2D eigenvalue weighted by molar-refractivity contribution is -0.138. The Labute approximate surface area is 130 Å². The third kappa shape index (κ3) is 5.14. The number of carboxylic acid groups (broad SMARTS) is 1. The van der Waals surface area contributed by atoms with Crippen LogP contribution in [0.1, 0.15) is 33.1 Å². The second kappa shape index (κ2) is 7.93. The summed E-state index contributed by atoms with van der Waals surface area (Å²) in [6.45, 7) is 5.45. The molecule has 1 unspecified atom stereocenters. The zero-order valence-corrected chi connectivity index (χ0v) is 13.1. The van der Waals surface area contributed by atoms with Crippen molar-refractivity contribution in [3.05, 3.63) is 12.3 Å². The lowest BCUT2D eigenvalue weighted by Crippen LogP contribution is -2.32. The molecule has 0 saturated carbocycles. The van der Waals surface area contributed by atoms with Crippen molar-refractivity contribution in [3.8, 4) is 0 Å². The first-order valence-corrected chi connectivity index (χ1v) is 7.71. The van der Waals surface area contributed by atoms with Gasteiger partial charge in [-0.3, -0.25) is 0 Å².